The lowest BCUT2D eigenvalue weighted by atomic mass is 10.1. The fourth-order valence-corrected chi connectivity index (χ4v) is 3.22. The highest BCUT2D eigenvalue weighted by Gasteiger charge is 2.04. The Labute approximate surface area is 175 Å². The van der Waals surface area contributed by atoms with E-state index >= 15 is 0 Å². The number of rotatable bonds is 14. The number of aromatic nitrogens is 2. The van der Waals surface area contributed by atoms with Crippen LogP contribution in [0.2, 0.25) is 0 Å². The van der Waals surface area contributed by atoms with E-state index in [2.05, 4.69) is 23.8 Å². The molecule has 2 rings (SSSR count). The Bertz CT molecular complexity index is 643. The minimum atomic E-state index is 0.187. The van der Waals surface area contributed by atoms with E-state index in [1.807, 2.05) is 36.7 Å². The quantitative estimate of drug-likeness (QED) is 0.247. The van der Waals surface area contributed by atoms with Crippen LogP contribution in [0.25, 0.3) is 11.4 Å². The molecule has 0 saturated heterocycles. The summed E-state index contributed by atoms with van der Waals surface area (Å²) in [5.74, 6) is 1.63. The Hall–Kier alpha value is -1.61. The van der Waals surface area contributed by atoms with Crippen LogP contribution in [-0.2, 0) is 6.42 Å². The molecule has 0 radical (unpaired) electrons. The third kappa shape index (κ3) is 8.60. The summed E-state index contributed by atoms with van der Waals surface area (Å²) in [6.45, 7) is 4.99. The lowest BCUT2D eigenvalue weighted by Crippen LogP contribution is -2.05. The van der Waals surface area contributed by atoms with Gasteiger partial charge < -0.3 is 4.74 Å². The van der Waals surface area contributed by atoms with E-state index < -0.39 is 0 Å². The van der Waals surface area contributed by atoms with Crippen LogP contribution in [0.1, 0.15) is 77.2 Å². The summed E-state index contributed by atoms with van der Waals surface area (Å²) < 4.78 is 5.75. The second-order valence-corrected chi connectivity index (χ2v) is 8.07. The number of hydrogen-bond acceptors (Lipinski definition) is 3. The molecule has 0 bridgehead atoms. The Morgan fingerprint density at radius 1 is 0.893 bits per heavy atom. The van der Waals surface area contributed by atoms with Crippen LogP contribution in [-0.4, -0.2) is 22.0 Å². The second-order valence-electron chi connectivity index (χ2n) is 7.45. The first-order valence-electron chi connectivity index (χ1n) is 10.9. The van der Waals surface area contributed by atoms with Crippen LogP contribution >= 0.6 is 11.6 Å². The maximum Gasteiger partial charge on any atom is 0.159 e. The minimum Gasteiger partial charge on any atom is -0.494 e. The molecule has 2 aromatic rings. The van der Waals surface area contributed by atoms with Gasteiger partial charge >= 0.3 is 0 Å². The van der Waals surface area contributed by atoms with E-state index in [1.165, 1.54) is 50.5 Å². The van der Waals surface area contributed by atoms with Crippen molar-refractivity contribution < 1.29 is 4.74 Å². The predicted molar refractivity (Wildman–Crippen MR) is 119 cm³/mol. The van der Waals surface area contributed by atoms with Gasteiger partial charge in [0.1, 0.15) is 5.75 Å². The lowest BCUT2D eigenvalue weighted by molar-refractivity contribution is 0.307. The van der Waals surface area contributed by atoms with Gasteiger partial charge in [-0.2, -0.15) is 0 Å². The molecular formula is C24H35ClN2O. The molecule has 0 fully saturated rings. The van der Waals surface area contributed by atoms with Crippen molar-refractivity contribution in [2.75, 3.05) is 6.61 Å². The molecule has 3 nitrogen and oxygen atoms in total. The largest absolute Gasteiger partial charge is 0.494 e. The van der Waals surface area contributed by atoms with Crippen molar-refractivity contribution in [3.63, 3.8) is 0 Å². The Morgan fingerprint density at radius 2 is 1.54 bits per heavy atom. The molecule has 0 amide bonds. The Kier molecular flexibility index (Phi) is 11.0. The third-order valence-corrected chi connectivity index (χ3v) is 5.56. The SMILES string of the molecule is CCCCCCCCCc1cnc(-c2ccc(OCCC(Cl)CC)cc2)nc1. The van der Waals surface area contributed by atoms with Gasteiger partial charge in [0.15, 0.2) is 5.82 Å². The minimum absolute atomic E-state index is 0.187. The maximum atomic E-state index is 6.12. The average molecular weight is 403 g/mol. The molecule has 1 unspecified atom stereocenters. The van der Waals surface area contributed by atoms with Crippen molar-refractivity contribution in [2.24, 2.45) is 0 Å². The van der Waals surface area contributed by atoms with Crippen molar-refractivity contribution >= 4 is 11.6 Å². The Morgan fingerprint density at radius 3 is 2.18 bits per heavy atom. The van der Waals surface area contributed by atoms with Crippen molar-refractivity contribution in [3.05, 3.63) is 42.2 Å². The van der Waals surface area contributed by atoms with Crippen LogP contribution in [0.5, 0.6) is 5.75 Å². The first-order chi connectivity index (χ1) is 13.7. The van der Waals surface area contributed by atoms with Crippen molar-refractivity contribution in [1.29, 1.82) is 0 Å². The van der Waals surface area contributed by atoms with Crippen molar-refractivity contribution in [2.45, 2.75) is 83.4 Å². The van der Waals surface area contributed by atoms with Gasteiger partial charge in [0, 0.05) is 23.3 Å². The van der Waals surface area contributed by atoms with Crippen molar-refractivity contribution in [3.8, 4) is 17.1 Å². The van der Waals surface area contributed by atoms with Crippen LogP contribution in [0.4, 0.5) is 0 Å². The van der Waals surface area contributed by atoms with E-state index in [4.69, 9.17) is 16.3 Å². The van der Waals surface area contributed by atoms with Crippen LogP contribution in [0, 0.1) is 0 Å². The number of ether oxygens (including phenoxy) is 1. The number of halogens is 1. The topological polar surface area (TPSA) is 35.0 Å². The summed E-state index contributed by atoms with van der Waals surface area (Å²) in [6, 6.07) is 7.97. The van der Waals surface area contributed by atoms with Crippen LogP contribution in [0.3, 0.4) is 0 Å². The second kappa shape index (κ2) is 13.5. The van der Waals surface area contributed by atoms with E-state index in [0.29, 0.717) is 6.61 Å². The summed E-state index contributed by atoms with van der Waals surface area (Å²) >= 11 is 6.12. The van der Waals surface area contributed by atoms with Gasteiger partial charge in [0.25, 0.3) is 0 Å². The molecule has 0 N–H and O–H groups in total. The summed E-state index contributed by atoms with van der Waals surface area (Å²) in [4.78, 5) is 9.09. The lowest BCUT2D eigenvalue weighted by Gasteiger charge is -2.09. The van der Waals surface area contributed by atoms with Gasteiger partial charge in [-0.25, -0.2) is 9.97 Å². The molecule has 1 heterocycles. The molecule has 1 atom stereocenters. The highest BCUT2D eigenvalue weighted by atomic mass is 35.5. The fourth-order valence-electron chi connectivity index (χ4n) is 3.13. The molecule has 0 aliphatic carbocycles. The molecule has 0 saturated carbocycles. The molecule has 1 aromatic carbocycles. The zero-order valence-corrected chi connectivity index (χ0v) is 18.3. The Balaban J connectivity index is 1.73. The van der Waals surface area contributed by atoms with Gasteiger partial charge in [0.2, 0.25) is 0 Å². The van der Waals surface area contributed by atoms with E-state index in [1.54, 1.807) is 0 Å². The highest BCUT2D eigenvalue weighted by molar-refractivity contribution is 6.20. The zero-order chi connectivity index (χ0) is 20.0. The summed E-state index contributed by atoms with van der Waals surface area (Å²) in [6.07, 6.45) is 16.1. The molecule has 1 aromatic heterocycles. The average Bonchev–Trinajstić information content (AvgIpc) is 2.74. The van der Waals surface area contributed by atoms with Gasteiger partial charge in [0.05, 0.1) is 6.61 Å². The normalized spacial score (nSPS) is 12.1. The molecule has 0 aliphatic rings. The summed E-state index contributed by atoms with van der Waals surface area (Å²) in [5.41, 5.74) is 2.24. The van der Waals surface area contributed by atoms with Crippen LogP contribution < -0.4 is 4.74 Å². The van der Waals surface area contributed by atoms with E-state index in [-0.39, 0.29) is 5.38 Å². The first-order valence-corrected chi connectivity index (χ1v) is 11.3. The number of aryl methyl sites for hydroxylation is 1. The first kappa shape index (κ1) is 22.7. The number of nitrogens with zero attached hydrogens (tertiary/aromatic N) is 2. The number of hydrogen-bond donors (Lipinski definition) is 0. The highest BCUT2D eigenvalue weighted by Crippen LogP contribution is 2.20. The summed E-state index contributed by atoms with van der Waals surface area (Å²) in [5, 5.41) is 0.187. The fraction of sp³-hybridized carbons (Fsp3) is 0.583. The van der Waals surface area contributed by atoms with Crippen LogP contribution in [0.15, 0.2) is 36.7 Å². The maximum absolute atomic E-state index is 6.12. The van der Waals surface area contributed by atoms with Gasteiger partial charge in [-0.3, -0.25) is 0 Å². The van der Waals surface area contributed by atoms with Gasteiger partial charge in [-0.05, 0) is 55.5 Å². The number of alkyl halides is 1. The standard InChI is InChI=1S/C24H35ClN2O/c1-3-5-6-7-8-9-10-11-20-18-26-24(27-19-20)21-12-14-23(15-13-21)28-17-16-22(25)4-2/h12-15,18-19,22H,3-11,16-17H2,1-2H3. The van der Waals surface area contributed by atoms with E-state index in [9.17, 15) is 0 Å². The molecule has 28 heavy (non-hydrogen) atoms. The monoisotopic (exact) mass is 402 g/mol. The van der Waals surface area contributed by atoms with Crippen molar-refractivity contribution in [1.82, 2.24) is 9.97 Å². The number of unbranched alkanes of at least 4 members (excludes halogenated alkanes) is 6. The zero-order valence-electron chi connectivity index (χ0n) is 17.5. The smallest absolute Gasteiger partial charge is 0.159 e. The molecule has 154 valence electrons. The van der Waals surface area contributed by atoms with Gasteiger partial charge in [-0.15, -0.1) is 11.6 Å². The predicted octanol–water partition coefficient (Wildman–Crippen LogP) is 7.22. The summed E-state index contributed by atoms with van der Waals surface area (Å²) in [7, 11) is 0. The van der Waals surface area contributed by atoms with E-state index in [0.717, 1.165) is 36.4 Å². The molecule has 4 heteroatoms. The molecule has 0 spiro atoms. The molecule has 0 aliphatic heterocycles. The molecular weight excluding hydrogens is 368 g/mol. The number of benzene rings is 1. The van der Waals surface area contributed by atoms with Gasteiger partial charge in [-0.1, -0.05) is 52.4 Å². The third-order valence-electron chi connectivity index (χ3n) is 5.03.